The molecule has 2 aromatic heterocycles. The van der Waals surface area contributed by atoms with E-state index in [2.05, 4.69) is 10.3 Å². The summed E-state index contributed by atoms with van der Waals surface area (Å²) in [6, 6.07) is 15.1. The molecule has 0 bridgehead atoms. The first-order valence-corrected chi connectivity index (χ1v) is 11.5. The molecule has 1 N–H and O–H groups in total. The minimum atomic E-state index is -0.544. The number of nitrogens with zero attached hydrogens (tertiary/aromatic N) is 3. The summed E-state index contributed by atoms with van der Waals surface area (Å²) in [5.41, 5.74) is 2.69. The number of carbonyl (C=O) groups excluding carboxylic acids is 1. The van der Waals surface area contributed by atoms with Crippen LogP contribution in [0, 0.1) is 5.82 Å². The molecule has 1 amide bonds. The van der Waals surface area contributed by atoms with Crippen molar-refractivity contribution < 1.29 is 9.18 Å². The Hall–Kier alpha value is -2.96. The highest BCUT2D eigenvalue weighted by Crippen LogP contribution is 2.32. The first-order valence-electron chi connectivity index (χ1n) is 10.7. The molecule has 0 spiro atoms. The first kappa shape index (κ1) is 23.2. The van der Waals surface area contributed by atoms with Gasteiger partial charge in [-0.25, -0.2) is 9.37 Å². The lowest BCUT2D eigenvalue weighted by atomic mass is 10.1. The van der Waals surface area contributed by atoms with Crippen LogP contribution in [0.4, 0.5) is 4.39 Å². The third-order valence-electron chi connectivity index (χ3n) is 5.52. The average molecular weight is 485 g/mol. The van der Waals surface area contributed by atoms with Crippen LogP contribution < -0.4 is 5.32 Å². The fourth-order valence-electron chi connectivity index (χ4n) is 3.89. The van der Waals surface area contributed by atoms with E-state index in [1.165, 1.54) is 6.07 Å². The van der Waals surface area contributed by atoms with E-state index in [1.54, 1.807) is 36.5 Å². The molecule has 1 unspecified atom stereocenters. The second kappa shape index (κ2) is 10.3. The van der Waals surface area contributed by atoms with Gasteiger partial charge in [0.1, 0.15) is 17.7 Å². The van der Waals surface area contributed by atoms with Gasteiger partial charge >= 0.3 is 0 Å². The Morgan fingerprint density at radius 1 is 1.12 bits per heavy atom. The van der Waals surface area contributed by atoms with E-state index in [1.807, 2.05) is 29.7 Å². The summed E-state index contributed by atoms with van der Waals surface area (Å²) < 4.78 is 16.2. The van der Waals surface area contributed by atoms with Crippen molar-refractivity contribution >= 4 is 40.1 Å². The molecular formula is C25H23Cl2FN4O. The number of amides is 1. The van der Waals surface area contributed by atoms with E-state index in [9.17, 15) is 9.18 Å². The van der Waals surface area contributed by atoms with Gasteiger partial charge in [0.15, 0.2) is 0 Å². The van der Waals surface area contributed by atoms with Crippen molar-refractivity contribution in [2.45, 2.75) is 32.2 Å². The second-order valence-electron chi connectivity index (χ2n) is 7.71. The van der Waals surface area contributed by atoms with Crippen LogP contribution in [-0.4, -0.2) is 27.0 Å². The zero-order chi connectivity index (χ0) is 23.4. The van der Waals surface area contributed by atoms with Crippen molar-refractivity contribution in [3.63, 3.8) is 0 Å². The Morgan fingerprint density at radius 3 is 2.61 bits per heavy atom. The number of fused-ring (bicyclic) bond motifs is 1. The number of hydrogen-bond acceptors (Lipinski definition) is 3. The fourth-order valence-corrected chi connectivity index (χ4v) is 4.20. The van der Waals surface area contributed by atoms with Gasteiger partial charge in [-0.1, -0.05) is 54.4 Å². The van der Waals surface area contributed by atoms with Crippen LogP contribution in [0.2, 0.25) is 10.0 Å². The van der Waals surface area contributed by atoms with Crippen LogP contribution in [0.15, 0.2) is 60.8 Å². The summed E-state index contributed by atoms with van der Waals surface area (Å²) in [7, 11) is 0. The molecule has 5 nitrogen and oxygen atoms in total. The van der Waals surface area contributed by atoms with Crippen molar-refractivity contribution in [2.75, 3.05) is 6.54 Å². The summed E-state index contributed by atoms with van der Waals surface area (Å²) >= 11 is 12.5. The van der Waals surface area contributed by atoms with Gasteiger partial charge in [-0.05, 0) is 42.3 Å². The zero-order valence-electron chi connectivity index (χ0n) is 18.1. The number of benzene rings is 2. The lowest BCUT2D eigenvalue weighted by Gasteiger charge is -2.20. The number of imidazole rings is 1. The van der Waals surface area contributed by atoms with Crippen molar-refractivity contribution in [2.24, 2.45) is 0 Å². The van der Waals surface area contributed by atoms with E-state index in [-0.39, 0.29) is 18.1 Å². The second-order valence-corrected chi connectivity index (χ2v) is 8.52. The van der Waals surface area contributed by atoms with Crippen LogP contribution in [0.5, 0.6) is 0 Å². The van der Waals surface area contributed by atoms with E-state index in [0.29, 0.717) is 51.9 Å². The van der Waals surface area contributed by atoms with Gasteiger partial charge < -0.3 is 9.88 Å². The molecule has 2 aromatic carbocycles. The van der Waals surface area contributed by atoms with Gasteiger partial charge in [-0.3, -0.25) is 9.78 Å². The lowest BCUT2D eigenvalue weighted by molar-refractivity contribution is -0.124. The molecule has 4 rings (SSSR count). The molecule has 170 valence electrons. The maximum Gasteiger partial charge on any atom is 0.243 e. The number of pyridine rings is 1. The fraction of sp³-hybridized carbons (Fsp3) is 0.240. The van der Waals surface area contributed by atoms with E-state index >= 15 is 0 Å². The molecule has 0 aliphatic heterocycles. The molecule has 33 heavy (non-hydrogen) atoms. The van der Waals surface area contributed by atoms with E-state index < -0.39 is 6.04 Å². The standard InChI is InChI=1S/C25H23Cl2FN4O/c1-2-22(25(33)30-12-10-17-8-5-6-11-29-17)32-23-15-19(27)18(26)14-21(23)31-24(32)13-16-7-3-4-9-20(16)28/h3-9,11,14-15,22H,2,10,12-13H2,1H3,(H,30,33). The third-order valence-corrected chi connectivity index (χ3v) is 6.24. The number of halogens is 3. The predicted molar refractivity (Wildman–Crippen MR) is 129 cm³/mol. The minimum Gasteiger partial charge on any atom is -0.354 e. The van der Waals surface area contributed by atoms with Gasteiger partial charge in [0.05, 0.1) is 21.1 Å². The molecule has 0 radical (unpaired) electrons. The van der Waals surface area contributed by atoms with Gasteiger partial charge in [0, 0.05) is 31.3 Å². The Labute approximate surface area is 201 Å². The van der Waals surface area contributed by atoms with Gasteiger partial charge in [0.2, 0.25) is 5.91 Å². The SMILES string of the molecule is CCC(C(=O)NCCc1ccccn1)n1c(Cc2ccccc2F)nc2cc(Cl)c(Cl)cc21. The highest BCUT2D eigenvalue weighted by atomic mass is 35.5. The summed E-state index contributed by atoms with van der Waals surface area (Å²) in [6.45, 7) is 2.38. The van der Waals surface area contributed by atoms with Crippen molar-refractivity contribution in [1.29, 1.82) is 0 Å². The number of carbonyl (C=O) groups is 1. The smallest absolute Gasteiger partial charge is 0.243 e. The molecule has 4 aromatic rings. The third kappa shape index (κ3) is 5.18. The Morgan fingerprint density at radius 2 is 1.88 bits per heavy atom. The maximum absolute atomic E-state index is 14.4. The van der Waals surface area contributed by atoms with E-state index in [4.69, 9.17) is 28.2 Å². The number of hydrogen-bond donors (Lipinski definition) is 1. The van der Waals surface area contributed by atoms with Crippen molar-refractivity contribution in [3.05, 3.63) is 93.7 Å². The van der Waals surface area contributed by atoms with Crippen LogP contribution in [0.3, 0.4) is 0 Å². The van der Waals surface area contributed by atoms with Crippen LogP contribution in [0.1, 0.15) is 36.5 Å². The Bertz CT molecular complexity index is 1280. The Balaban J connectivity index is 1.67. The molecule has 0 saturated carbocycles. The molecule has 1 atom stereocenters. The van der Waals surface area contributed by atoms with Crippen molar-refractivity contribution in [3.8, 4) is 0 Å². The highest BCUT2D eigenvalue weighted by Gasteiger charge is 2.25. The zero-order valence-corrected chi connectivity index (χ0v) is 19.6. The molecule has 0 aliphatic rings. The lowest BCUT2D eigenvalue weighted by Crippen LogP contribution is -2.34. The first-order chi connectivity index (χ1) is 16.0. The minimum absolute atomic E-state index is 0.145. The largest absolute Gasteiger partial charge is 0.354 e. The molecule has 0 aliphatic carbocycles. The van der Waals surface area contributed by atoms with Gasteiger partial charge in [0.25, 0.3) is 0 Å². The van der Waals surface area contributed by atoms with Crippen molar-refractivity contribution in [1.82, 2.24) is 19.9 Å². The highest BCUT2D eigenvalue weighted by molar-refractivity contribution is 6.42. The number of rotatable bonds is 8. The van der Waals surface area contributed by atoms with Gasteiger partial charge in [-0.2, -0.15) is 0 Å². The number of nitrogens with one attached hydrogen (secondary N) is 1. The normalized spacial score (nSPS) is 12.1. The molecule has 0 saturated heterocycles. The monoisotopic (exact) mass is 484 g/mol. The predicted octanol–water partition coefficient (Wildman–Crippen LogP) is 5.78. The van der Waals surface area contributed by atoms with E-state index in [0.717, 1.165) is 5.69 Å². The summed E-state index contributed by atoms with van der Waals surface area (Å²) in [4.78, 5) is 22.2. The molecule has 0 fully saturated rings. The average Bonchev–Trinajstić information content (AvgIpc) is 3.13. The topological polar surface area (TPSA) is 59.8 Å². The summed E-state index contributed by atoms with van der Waals surface area (Å²) in [6.07, 6.45) is 3.10. The summed E-state index contributed by atoms with van der Waals surface area (Å²) in [5, 5.41) is 3.75. The van der Waals surface area contributed by atoms with Crippen LogP contribution >= 0.6 is 23.2 Å². The quantitative estimate of drug-likeness (QED) is 0.344. The van der Waals surface area contributed by atoms with Crippen LogP contribution in [0.25, 0.3) is 11.0 Å². The molecule has 8 heteroatoms. The Kier molecular flexibility index (Phi) is 7.26. The molecule has 2 heterocycles. The summed E-state index contributed by atoms with van der Waals surface area (Å²) in [5.74, 6) is 0.105. The molecular weight excluding hydrogens is 462 g/mol. The van der Waals surface area contributed by atoms with Crippen LogP contribution in [-0.2, 0) is 17.6 Å². The number of aromatic nitrogens is 3. The van der Waals surface area contributed by atoms with Gasteiger partial charge in [-0.15, -0.1) is 0 Å². The maximum atomic E-state index is 14.4.